The number of carbonyl (C=O) groups excluding carboxylic acids is 9. The lowest BCUT2D eigenvalue weighted by atomic mass is 9.77. The normalized spacial score (nSPS) is 25.3. The van der Waals surface area contributed by atoms with Crippen molar-refractivity contribution in [3.8, 4) is 28.7 Å². The number of ether oxygens (including phenoxy) is 6. The second-order valence-electron chi connectivity index (χ2n) is 29.4. The van der Waals surface area contributed by atoms with Gasteiger partial charge < -0.3 is 79.9 Å². The number of esters is 1. The zero-order valence-corrected chi connectivity index (χ0v) is 62.9. The van der Waals surface area contributed by atoms with Gasteiger partial charge in [-0.3, -0.25) is 48.1 Å². The molecule has 1 aliphatic carbocycles. The molecule has 3 aromatic rings. The lowest BCUT2D eigenvalue weighted by Gasteiger charge is -2.47. The molecule has 0 radical (unpaired) electrons. The van der Waals surface area contributed by atoms with Crippen molar-refractivity contribution in [2.24, 2.45) is 41.2 Å². The average molecular weight is 1480 g/mol. The first-order chi connectivity index (χ1) is 50.8. The molecule has 1 unspecified atom stereocenters. The third-order valence-corrected chi connectivity index (χ3v) is 21.3. The predicted octanol–water partition coefficient (Wildman–Crippen LogP) is 9.53. The summed E-state index contributed by atoms with van der Waals surface area (Å²) in [5.74, 6) is -10.9. The average Bonchev–Trinajstić information content (AvgIpc) is 1.64. The number of hydrogen-bond donors (Lipinski definition) is 7. The number of phenols is 2. The van der Waals surface area contributed by atoms with Crippen LogP contribution in [0, 0.1) is 42.4 Å². The number of amides is 7. The fraction of sp³-hybridized carbons (Fsp3) is 0.506. The third-order valence-electron chi connectivity index (χ3n) is 21.3. The number of imide groups is 1. The van der Waals surface area contributed by atoms with Gasteiger partial charge in [-0.15, -0.1) is 0 Å². The number of aromatic nitrogens is 1. The van der Waals surface area contributed by atoms with Crippen LogP contribution in [0.5, 0.6) is 17.2 Å². The van der Waals surface area contributed by atoms with E-state index in [1.54, 1.807) is 75.4 Å². The topological polar surface area (TPSA) is 376 Å². The standard InChI is InChI=1S/C79H99N9O19/c1-40(2)63(83-57(92)22-15-14-16-33-88-58(93)27-28-59(88)94)53(90)37-49(21-18-32-81-78(80)100)76(99)82-50-25-23-48(24-26-50)77-105-69-41(3)19-17-20-42(4)75(98)85-66-68(96)61-60(65-73(66)104-56-39-52(38-54(91)64(56)84-65)87-34-29-51(30-35-87)86(11)12)62-72(44(6)67(61)95)107-79(10,74(62)97)102-36-31-55(101-13)43(5)70(103-47(9)89)46(8)71(106-77)45(69)7/h17,19-20,23-28,31,36,38-41,43,45-46,49,51,55,63,69-71,77,91,95H,14-16,18,21-22,29-30,32-35,37H2,1-13H3,(H,82,99)(H,83,92)(H,85,98)(H3,80,81,100)/b19-17+,36-31+,42-20-/t41-,43+,45+,46-,49+,55-,63-,69-,70+,71+,77?,79-/m0/s1. The number of fused-ring (bicyclic) bond motifs is 10. The van der Waals surface area contributed by atoms with Crippen LogP contribution in [0.3, 0.4) is 0 Å². The second-order valence-corrected chi connectivity index (χ2v) is 29.4. The monoisotopic (exact) mass is 1480 g/mol. The predicted molar refractivity (Wildman–Crippen MR) is 398 cm³/mol. The minimum Gasteiger partial charge on any atom is -0.507 e. The number of nitrogens with zero attached hydrogens (tertiary/aromatic N) is 4. The van der Waals surface area contributed by atoms with Crippen LogP contribution in [0.4, 0.5) is 21.9 Å². The van der Waals surface area contributed by atoms with Crippen molar-refractivity contribution >= 4 is 92.0 Å². The number of phenolic OH excluding ortho intramolecular Hbond substituents is 2. The first kappa shape index (κ1) is 79.5. The van der Waals surface area contributed by atoms with Crippen molar-refractivity contribution in [1.82, 2.24) is 25.4 Å². The van der Waals surface area contributed by atoms with Gasteiger partial charge in [0.05, 0.1) is 41.6 Å². The van der Waals surface area contributed by atoms with E-state index in [9.17, 15) is 48.6 Å². The first-order valence-corrected chi connectivity index (χ1v) is 36.6. The van der Waals surface area contributed by atoms with Gasteiger partial charge in [0.2, 0.25) is 17.2 Å². The number of urea groups is 1. The van der Waals surface area contributed by atoms with Gasteiger partial charge >= 0.3 is 17.8 Å². The number of nitrogens with one attached hydrogen (secondary N) is 4. The fourth-order valence-electron chi connectivity index (χ4n) is 15.1. The van der Waals surface area contributed by atoms with Gasteiger partial charge in [-0.05, 0) is 90.6 Å². The summed E-state index contributed by atoms with van der Waals surface area (Å²) in [5, 5.41) is 34.5. The molecule has 28 nitrogen and oxygen atoms in total. The molecular formula is C79H99N9O19. The van der Waals surface area contributed by atoms with E-state index in [1.807, 2.05) is 47.9 Å². The molecular weight excluding hydrogens is 1380 g/mol. The molecule has 7 amide bonds. The maximum absolute atomic E-state index is 15.3. The quantitative estimate of drug-likeness (QED) is 0.0111. The number of piperidine rings is 1. The summed E-state index contributed by atoms with van der Waals surface area (Å²) >= 11 is 0. The Morgan fingerprint density at radius 3 is 2.22 bits per heavy atom. The molecule has 3 aromatic carbocycles. The minimum atomic E-state index is -2.15. The van der Waals surface area contributed by atoms with Gasteiger partial charge in [0.15, 0.2) is 23.4 Å². The number of hydrogen-bond acceptors (Lipinski definition) is 22. The number of methoxy groups -OCH3 is 1. The van der Waals surface area contributed by atoms with E-state index in [0.717, 1.165) is 17.7 Å². The van der Waals surface area contributed by atoms with Crippen LogP contribution < -0.4 is 42.1 Å². The van der Waals surface area contributed by atoms with E-state index in [-0.39, 0.29) is 130 Å². The molecule has 107 heavy (non-hydrogen) atoms. The van der Waals surface area contributed by atoms with Crippen molar-refractivity contribution in [3.63, 3.8) is 0 Å². The number of Topliss-reactive ketones (excluding diaryl/α,β-unsaturated/α-hetero) is 2. The molecule has 7 aliphatic heterocycles. The van der Waals surface area contributed by atoms with Gasteiger partial charge in [-0.1, -0.05) is 78.3 Å². The van der Waals surface area contributed by atoms with Crippen molar-refractivity contribution in [1.29, 1.82) is 0 Å². The van der Waals surface area contributed by atoms with E-state index < -0.39 is 119 Å². The summed E-state index contributed by atoms with van der Waals surface area (Å²) in [6.07, 6.45) is 9.58. The Kier molecular flexibility index (Phi) is 25.1. The number of carbonyl (C=O) groups is 9. The Balaban J connectivity index is 0.950. The van der Waals surface area contributed by atoms with Gasteiger partial charge in [0, 0.05) is 153 Å². The number of benzene rings is 4. The highest BCUT2D eigenvalue weighted by atomic mass is 16.7. The highest BCUT2D eigenvalue weighted by molar-refractivity contribution is 6.22. The zero-order chi connectivity index (χ0) is 77.6. The van der Waals surface area contributed by atoms with Gasteiger partial charge in [-0.2, -0.15) is 0 Å². The van der Waals surface area contributed by atoms with Gasteiger partial charge in [0.25, 0.3) is 23.5 Å². The third kappa shape index (κ3) is 17.5. The summed E-state index contributed by atoms with van der Waals surface area (Å²) in [6.45, 7) is 18.6. The van der Waals surface area contributed by atoms with Crippen molar-refractivity contribution in [3.05, 3.63) is 112 Å². The molecule has 7 heterocycles. The highest BCUT2D eigenvalue weighted by Crippen LogP contribution is 2.52. The minimum absolute atomic E-state index is 0.00245. The highest BCUT2D eigenvalue weighted by Gasteiger charge is 2.51. The maximum Gasteiger partial charge on any atom is 0.312 e. The van der Waals surface area contributed by atoms with E-state index in [0.29, 0.717) is 55.3 Å². The van der Waals surface area contributed by atoms with E-state index in [1.165, 1.54) is 46.3 Å². The number of rotatable bonds is 22. The summed E-state index contributed by atoms with van der Waals surface area (Å²) < 4.78 is 45.5. The van der Waals surface area contributed by atoms with E-state index in [4.69, 9.17) is 43.6 Å². The number of allylic oxidation sites excluding steroid dienone is 2. The van der Waals surface area contributed by atoms with Crippen LogP contribution >= 0.6 is 0 Å². The summed E-state index contributed by atoms with van der Waals surface area (Å²) in [7, 11) is 5.53. The lowest BCUT2D eigenvalue weighted by molar-refractivity contribution is -0.293. The van der Waals surface area contributed by atoms with Crippen LogP contribution in [0.2, 0.25) is 0 Å². The second kappa shape index (κ2) is 33.8. The molecule has 8 N–H and O–H groups in total. The van der Waals surface area contributed by atoms with Crippen molar-refractivity contribution in [2.45, 2.75) is 176 Å². The Morgan fingerprint density at radius 1 is 0.879 bits per heavy atom. The van der Waals surface area contributed by atoms with Gasteiger partial charge in [0.1, 0.15) is 40.3 Å². The maximum atomic E-state index is 15.3. The number of aromatic hydroxyl groups is 2. The molecule has 0 aromatic heterocycles. The van der Waals surface area contributed by atoms with Crippen LogP contribution in [-0.2, 0) is 57.2 Å². The number of primary amides is 1. The summed E-state index contributed by atoms with van der Waals surface area (Å²) in [6, 6.07) is 8.70. The fourth-order valence-corrected chi connectivity index (χ4v) is 15.1. The Hall–Kier alpha value is -10.0. The largest absolute Gasteiger partial charge is 0.507 e. The Bertz CT molecular complexity index is 4380. The van der Waals surface area contributed by atoms with Crippen LogP contribution in [0.25, 0.3) is 33.3 Å². The lowest BCUT2D eigenvalue weighted by Crippen LogP contribution is -2.51. The number of nitrogens with two attached hydrogens (primary N) is 1. The molecule has 8 aliphatic rings. The molecule has 12 atom stereocenters. The number of ketones is 2. The molecule has 0 saturated carbocycles. The van der Waals surface area contributed by atoms with Crippen LogP contribution in [0.1, 0.15) is 148 Å². The van der Waals surface area contributed by atoms with Crippen molar-refractivity contribution < 1.29 is 86.2 Å². The molecule has 2 fully saturated rings. The van der Waals surface area contributed by atoms with Crippen LogP contribution in [0.15, 0.2) is 93.9 Å². The smallest absolute Gasteiger partial charge is 0.312 e. The molecule has 7 bridgehead atoms. The molecule has 0 spiro atoms. The van der Waals surface area contributed by atoms with Gasteiger partial charge in [-0.25, -0.2) is 9.78 Å². The van der Waals surface area contributed by atoms with E-state index >= 15 is 9.59 Å². The zero-order valence-electron chi connectivity index (χ0n) is 62.9. The number of unbranched alkanes of at least 4 members (excludes halogenated alkanes) is 2. The SMILES string of the molecule is CO[C@H]1/C=C/O[C@@]2(C)Oc3c(C)c(O)c4c(=O)c(c5oc6cc(N7CCC(N(C)C)CC7)cc(O)c6nc-5c4c3C2=O)NC(=O)/C(C)=C\C=C\[C@H](C)[C@@H]2OC(c3ccc(NC(=O)[C@H](CCCNC(N)=O)CC(=O)[C@@H](NC(=O)CCCCCN4C(=O)C=CC4=O)C(C)C)cc3)O[C@@H]([C@@H](C)[C@H](OC(C)=O)[C@@H]1C)[C@@H]2C. The first-order valence-electron chi connectivity index (χ1n) is 36.6. The molecule has 28 heteroatoms. The molecule has 11 rings (SSSR count). The summed E-state index contributed by atoms with van der Waals surface area (Å²) in [5.41, 5.74) is 5.35. The molecule has 2 saturated heterocycles. The van der Waals surface area contributed by atoms with Crippen molar-refractivity contribution in [2.75, 3.05) is 62.9 Å². The van der Waals surface area contributed by atoms with Crippen LogP contribution in [-0.4, -0.2) is 168 Å². The van der Waals surface area contributed by atoms with E-state index in [2.05, 4.69) is 31.1 Å². The number of anilines is 3. The molecule has 574 valence electrons. The Morgan fingerprint density at radius 2 is 1.57 bits per heavy atom. The summed E-state index contributed by atoms with van der Waals surface area (Å²) in [4.78, 5) is 146. The Labute approximate surface area is 621 Å².